The number of amides is 1. The molecule has 0 spiro atoms. The minimum absolute atomic E-state index is 0.0315. The number of anilines is 1. The van der Waals surface area contributed by atoms with Gasteiger partial charge >= 0.3 is 0 Å². The lowest BCUT2D eigenvalue weighted by molar-refractivity contribution is -0.385. The van der Waals surface area contributed by atoms with Gasteiger partial charge in [0.05, 0.1) is 4.92 Å². The Labute approximate surface area is 115 Å². The standard InChI is InChI=1S/C11H16N4O3S/c1-14(5-6-19-2)11(16)9-7-8(13-12)3-4-10(9)15(17)18/h3-4,7,13H,5-6,12H2,1-2H3. The average Bonchev–Trinajstić information content (AvgIpc) is 2.42. The first-order chi connectivity index (χ1) is 9.01. The van der Waals surface area contributed by atoms with E-state index in [1.54, 1.807) is 18.8 Å². The molecule has 104 valence electrons. The number of thioether (sulfide) groups is 1. The molecule has 0 aromatic heterocycles. The van der Waals surface area contributed by atoms with Crippen LogP contribution in [0, 0.1) is 10.1 Å². The maximum absolute atomic E-state index is 12.2. The van der Waals surface area contributed by atoms with Crippen LogP contribution < -0.4 is 11.3 Å². The van der Waals surface area contributed by atoms with E-state index in [-0.39, 0.29) is 11.3 Å². The van der Waals surface area contributed by atoms with Crippen molar-refractivity contribution in [2.75, 3.05) is 31.0 Å². The molecule has 0 bridgehead atoms. The quantitative estimate of drug-likeness (QED) is 0.464. The van der Waals surface area contributed by atoms with Gasteiger partial charge in [-0.25, -0.2) is 0 Å². The van der Waals surface area contributed by atoms with Crippen LogP contribution in [0.3, 0.4) is 0 Å². The van der Waals surface area contributed by atoms with Gasteiger partial charge in [0.25, 0.3) is 11.6 Å². The normalized spacial score (nSPS) is 10.1. The van der Waals surface area contributed by atoms with Gasteiger partial charge in [-0.15, -0.1) is 0 Å². The monoisotopic (exact) mass is 284 g/mol. The molecule has 0 saturated carbocycles. The van der Waals surface area contributed by atoms with Crippen LogP contribution in [-0.2, 0) is 0 Å². The summed E-state index contributed by atoms with van der Waals surface area (Å²) in [5.41, 5.74) is 2.63. The summed E-state index contributed by atoms with van der Waals surface area (Å²) >= 11 is 1.60. The molecule has 8 heteroatoms. The van der Waals surface area contributed by atoms with Crippen molar-refractivity contribution >= 4 is 29.0 Å². The Morgan fingerprint density at radius 2 is 2.26 bits per heavy atom. The van der Waals surface area contributed by atoms with E-state index in [9.17, 15) is 14.9 Å². The highest BCUT2D eigenvalue weighted by Gasteiger charge is 2.23. The number of nitrogen functional groups attached to an aromatic ring is 1. The van der Waals surface area contributed by atoms with E-state index in [4.69, 9.17) is 5.84 Å². The number of hydrazine groups is 1. The largest absolute Gasteiger partial charge is 0.341 e. The van der Waals surface area contributed by atoms with Gasteiger partial charge in [0, 0.05) is 31.1 Å². The van der Waals surface area contributed by atoms with Crippen LogP contribution in [0.1, 0.15) is 10.4 Å². The van der Waals surface area contributed by atoms with Crippen molar-refractivity contribution in [2.45, 2.75) is 0 Å². The summed E-state index contributed by atoms with van der Waals surface area (Å²) in [5.74, 6) is 5.63. The van der Waals surface area contributed by atoms with Gasteiger partial charge in [-0.2, -0.15) is 11.8 Å². The fraction of sp³-hybridized carbons (Fsp3) is 0.364. The van der Waals surface area contributed by atoms with Crippen molar-refractivity contribution < 1.29 is 9.72 Å². The minimum atomic E-state index is -0.573. The highest BCUT2D eigenvalue weighted by atomic mass is 32.2. The Balaban J connectivity index is 3.08. The highest BCUT2D eigenvalue weighted by molar-refractivity contribution is 7.98. The lowest BCUT2D eigenvalue weighted by Crippen LogP contribution is -2.29. The molecule has 0 aliphatic carbocycles. The predicted octanol–water partition coefficient (Wildman–Crippen LogP) is 1.32. The molecule has 0 aliphatic rings. The number of benzene rings is 1. The zero-order valence-corrected chi connectivity index (χ0v) is 11.6. The Morgan fingerprint density at radius 3 is 2.79 bits per heavy atom. The predicted molar refractivity (Wildman–Crippen MR) is 76.2 cm³/mol. The molecule has 19 heavy (non-hydrogen) atoms. The third-order valence-corrected chi connectivity index (χ3v) is 3.16. The fourth-order valence-corrected chi connectivity index (χ4v) is 1.95. The second-order valence-electron chi connectivity index (χ2n) is 3.85. The van der Waals surface area contributed by atoms with Crippen LogP contribution in [0.4, 0.5) is 11.4 Å². The second kappa shape index (κ2) is 6.95. The topological polar surface area (TPSA) is 102 Å². The molecule has 3 N–H and O–H groups in total. The maximum Gasteiger partial charge on any atom is 0.282 e. The molecule has 0 saturated heterocycles. The van der Waals surface area contributed by atoms with E-state index in [0.29, 0.717) is 12.2 Å². The number of carbonyl (C=O) groups excluding carboxylic acids is 1. The minimum Gasteiger partial charge on any atom is -0.341 e. The first kappa shape index (κ1) is 15.3. The number of nitrogens with one attached hydrogen (secondary N) is 1. The van der Waals surface area contributed by atoms with Crippen LogP contribution in [-0.4, -0.2) is 41.3 Å². The molecule has 0 unspecified atom stereocenters. The van der Waals surface area contributed by atoms with Gasteiger partial charge in [0.1, 0.15) is 5.56 Å². The summed E-state index contributed by atoms with van der Waals surface area (Å²) in [7, 11) is 1.62. The summed E-state index contributed by atoms with van der Waals surface area (Å²) in [4.78, 5) is 24.0. The van der Waals surface area contributed by atoms with Crippen molar-refractivity contribution in [3.63, 3.8) is 0 Å². The molecule has 0 fully saturated rings. The Morgan fingerprint density at radius 1 is 1.58 bits per heavy atom. The van der Waals surface area contributed by atoms with Crippen molar-refractivity contribution in [1.29, 1.82) is 0 Å². The Bertz CT molecular complexity index is 481. The summed E-state index contributed by atoms with van der Waals surface area (Å²) in [6.07, 6.45) is 1.93. The van der Waals surface area contributed by atoms with Gasteiger partial charge < -0.3 is 10.3 Å². The summed E-state index contributed by atoms with van der Waals surface area (Å²) in [6, 6.07) is 4.11. The molecule has 0 heterocycles. The number of carbonyl (C=O) groups is 1. The van der Waals surface area contributed by atoms with Crippen LogP contribution in [0.2, 0.25) is 0 Å². The van der Waals surface area contributed by atoms with E-state index in [2.05, 4.69) is 5.43 Å². The van der Waals surface area contributed by atoms with E-state index >= 15 is 0 Å². The Hall–Kier alpha value is -1.80. The number of nitro groups is 1. The van der Waals surface area contributed by atoms with Crippen LogP contribution in [0.15, 0.2) is 18.2 Å². The SMILES string of the molecule is CSCCN(C)C(=O)c1cc(NN)ccc1[N+](=O)[O-]. The van der Waals surface area contributed by atoms with Crippen molar-refractivity contribution in [3.05, 3.63) is 33.9 Å². The molecule has 0 atom stereocenters. The van der Waals surface area contributed by atoms with Crippen molar-refractivity contribution in [2.24, 2.45) is 5.84 Å². The van der Waals surface area contributed by atoms with Gasteiger partial charge in [0.2, 0.25) is 0 Å². The molecule has 1 aromatic rings. The van der Waals surface area contributed by atoms with Crippen LogP contribution in [0.25, 0.3) is 0 Å². The summed E-state index contributed by atoms with van der Waals surface area (Å²) in [5, 5.41) is 10.9. The zero-order chi connectivity index (χ0) is 14.4. The lowest BCUT2D eigenvalue weighted by Gasteiger charge is -2.17. The van der Waals surface area contributed by atoms with Gasteiger partial charge in [-0.3, -0.25) is 20.8 Å². The number of hydrogen-bond acceptors (Lipinski definition) is 6. The van der Waals surface area contributed by atoms with Crippen LogP contribution >= 0.6 is 11.8 Å². The van der Waals surface area contributed by atoms with Crippen LogP contribution in [0.5, 0.6) is 0 Å². The maximum atomic E-state index is 12.2. The first-order valence-electron chi connectivity index (χ1n) is 5.50. The smallest absolute Gasteiger partial charge is 0.282 e. The molecule has 1 rings (SSSR count). The molecular formula is C11H16N4O3S. The lowest BCUT2D eigenvalue weighted by atomic mass is 10.1. The molecule has 0 radical (unpaired) electrons. The third-order valence-electron chi connectivity index (χ3n) is 2.57. The van der Waals surface area contributed by atoms with E-state index in [1.165, 1.54) is 23.1 Å². The average molecular weight is 284 g/mol. The second-order valence-corrected chi connectivity index (χ2v) is 4.84. The van der Waals surface area contributed by atoms with Crippen molar-refractivity contribution in [3.8, 4) is 0 Å². The summed E-state index contributed by atoms with van der Waals surface area (Å²) in [6.45, 7) is 0.525. The number of nitrogens with zero attached hydrogens (tertiary/aromatic N) is 2. The van der Waals surface area contributed by atoms with Gasteiger partial charge in [-0.05, 0) is 18.4 Å². The summed E-state index contributed by atoms with van der Waals surface area (Å²) < 4.78 is 0. The molecular weight excluding hydrogens is 268 g/mol. The fourth-order valence-electron chi connectivity index (χ4n) is 1.49. The highest BCUT2D eigenvalue weighted by Crippen LogP contribution is 2.23. The van der Waals surface area contributed by atoms with E-state index in [1.807, 2.05) is 6.26 Å². The van der Waals surface area contributed by atoms with Gasteiger partial charge in [0.15, 0.2) is 0 Å². The van der Waals surface area contributed by atoms with E-state index in [0.717, 1.165) is 5.75 Å². The number of rotatable bonds is 6. The third kappa shape index (κ3) is 3.83. The first-order valence-corrected chi connectivity index (χ1v) is 6.90. The molecule has 7 nitrogen and oxygen atoms in total. The number of nitro benzene ring substituents is 1. The number of hydrogen-bond donors (Lipinski definition) is 2. The zero-order valence-electron chi connectivity index (χ0n) is 10.8. The van der Waals surface area contributed by atoms with Crippen molar-refractivity contribution in [1.82, 2.24) is 4.90 Å². The number of nitrogens with two attached hydrogens (primary N) is 1. The molecule has 1 aromatic carbocycles. The van der Waals surface area contributed by atoms with E-state index < -0.39 is 10.8 Å². The molecule has 0 aliphatic heterocycles. The van der Waals surface area contributed by atoms with Gasteiger partial charge in [-0.1, -0.05) is 0 Å². The Kier molecular flexibility index (Phi) is 5.58. The molecule has 1 amide bonds.